The van der Waals surface area contributed by atoms with E-state index in [9.17, 15) is 14.4 Å². The van der Waals surface area contributed by atoms with Crippen LogP contribution in [-0.4, -0.2) is 55.7 Å². The summed E-state index contributed by atoms with van der Waals surface area (Å²) in [5, 5.41) is 0.587. The molecule has 0 saturated carbocycles. The molecule has 9 nitrogen and oxygen atoms in total. The van der Waals surface area contributed by atoms with E-state index >= 15 is 0 Å². The molecular weight excluding hydrogens is 480 g/mol. The monoisotopic (exact) mass is 506 g/mol. The Morgan fingerprint density at radius 2 is 1.67 bits per heavy atom. The molecule has 0 unspecified atom stereocenters. The lowest BCUT2D eigenvalue weighted by Crippen LogP contribution is -2.49. The molecule has 4 aromatic rings. The summed E-state index contributed by atoms with van der Waals surface area (Å²) in [5.41, 5.74) is 2.68. The van der Waals surface area contributed by atoms with E-state index in [1.807, 2.05) is 34.6 Å². The number of rotatable bonds is 4. The number of carbonyl (C=O) groups excluding carboxylic acids is 1. The zero-order valence-corrected chi connectivity index (χ0v) is 21.2. The number of piperazine rings is 1. The summed E-state index contributed by atoms with van der Waals surface area (Å²) < 4.78 is 4.42. The number of aromatic nitrogens is 4. The Balaban J connectivity index is 1.51. The van der Waals surface area contributed by atoms with Gasteiger partial charge in [0.05, 0.1) is 6.54 Å². The highest BCUT2D eigenvalue weighted by Gasteiger charge is 2.27. The van der Waals surface area contributed by atoms with Gasteiger partial charge in [-0.2, -0.15) is 4.98 Å². The van der Waals surface area contributed by atoms with Crippen LogP contribution in [0.3, 0.4) is 0 Å². The Labute approximate surface area is 212 Å². The van der Waals surface area contributed by atoms with Crippen molar-refractivity contribution in [2.75, 3.05) is 31.1 Å². The average molecular weight is 507 g/mol. The average Bonchev–Trinajstić information content (AvgIpc) is 3.25. The number of aryl methyl sites for hydroxylation is 2. The first-order valence-corrected chi connectivity index (χ1v) is 12.1. The zero-order valence-electron chi connectivity index (χ0n) is 20.4. The van der Waals surface area contributed by atoms with Gasteiger partial charge in [0.15, 0.2) is 11.2 Å². The molecule has 0 radical (unpaired) electrons. The quantitative estimate of drug-likeness (QED) is 0.424. The van der Waals surface area contributed by atoms with Crippen LogP contribution in [0.2, 0.25) is 5.02 Å². The van der Waals surface area contributed by atoms with Crippen molar-refractivity contribution in [3.63, 3.8) is 0 Å². The highest BCUT2D eigenvalue weighted by Crippen LogP contribution is 2.23. The fourth-order valence-electron chi connectivity index (χ4n) is 4.70. The molecule has 1 aliphatic rings. The lowest BCUT2D eigenvalue weighted by atomic mass is 10.1. The van der Waals surface area contributed by atoms with Crippen molar-refractivity contribution in [1.29, 1.82) is 0 Å². The Hall–Kier alpha value is -3.85. The first-order chi connectivity index (χ1) is 17.2. The van der Waals surface area contributed by atoms with Crippen molar-refractivity contribution in [3.8, 4) is 0 Å². The fourth-order valence-corrected chi connectivity index (χ4v) is 4.83. The minimum atomic E-state index is -0.419. The summed E-state index contributed by atoms with van der Waals surface area (Å²) in [6.07, 6.45) is 0. The number of fused-ring (bicyclic) bond motifs is 1. The first kappa shape index (κ1) is 23.9. The van der Waals surface area contributed by atoms with Gasteiger partial charge in [-0.05, 0) is 36.8 Å². The Bertz CT molecular complexity index is 1580. The number of nitrogens with zero attached hydrogens (tertiary/aromatic N) is 6. The van der Waals surface area contributed by atoms with Crippen LogP contribution in [0, 0.1) is 6.92 Å². The van der Waals surface area contributed by atoms with Crippen molar-refractivity contribution < 1.29 is 4.79 Å². The van der Waals surface area contributed by atoms with Gasteiger partial charge < -0.3 is 9.80 Å². The van der Waals surface area contributed by atoms with Gasteiger partial charge in [0.25, 0.3) is 11.5 Å². The third-order valence-electron chi connectivity index (χ3n) is 6.69. The summed E-state index contributed by atoms with van der Waals surface area (Å²) in [6.45, 7) is 4.56. The normalized spacial score (nSPS) is 14.0. The van der Waals surface area contributed by atoms with Gasteiger partial charge in [-0.3, -0.25) is 23.3 Å². The molecule has 186 valence electrons. The van der Waals surface area contributed by atoms with Crippen LogP contribution in [0.4, 0.5) is 5.95 Å². The molecular formula is C26H27ClN6O3. The summed E-state index contributed by atoms with van der Waals surface area (Å²) in [7, 11) is 3.11. The molecule has 0 bridgehead atoms. The van der Waals surface area contributed by atoms with Gasteiger partial charge >= 0.3 is 5.69 Å². The molecule has 2 aromatic heterocycles. The van der Waals surface area contributed by atoms with Crippen LogP contribution in [0.1, 0.15) is 21.5 Å². The zero-order chi connectivity index (χ0) is 25.6. The first-order valence-electron chi connectivity index (χ1n) is 11.8. The summed E-state index contributed by atoms with van der Waals surface area (Å²) in [5.74, 6) is 0.569. The molecule has 36 heavy (non-hydrogen) atoms. The molecule has 1 amide bonds. The molecule has 5 rings (SSSR count). The van der Waals surface area contributed by atoms with E-state index in [0.29, 0.717) is 60.4 Å². The molecule has 3 heterocycles. The summed E-state index contributed by atoms with van der Waals surface area (Å²) in [6, 6.07) is 15.0. The fraction of sp³-hybridized carbons (Fsp3) is 0.308. The van der Waals surface area contributed by atoms with E-state index in [1.54, 1.807) is 31.3 Å². The van der Waals surface area contributed by atoms with Crippen molar-refractivity contribution >= 4 is 34.6 Å². The Kier molecular flexibility index (Phi) is 6.17. The summed E-state index contributed by atoms with van der Waals surface area (Å²) >= 11 is 5.96. The highest BCUT2D eigenvalue weighted by atomic mass is 35.5. The van der Waals surface area contributed by atoms with Crippen LogP contribution in [0.5, 0.6) is 0 Å². The molecule has 1 aliphatic heterocycles. The number of amides is 1. The number of carbonyl (C=O) groups is 1. The minimum Gasteiger partial charge on any atom is -0.339 e. The van der Waals surface area contributed by atoms with Crippen molar-refractivity contribution in [2.45, 2.75) is 13.5 Å². The number of hydrogen-bond acceptors (Lipinski definition) is 5. The number of imidazole rings is 1. The van der Waals surface area contributed by atoms with E-state index in [2.05, 4.69) is 11.0 Å². The smallest absolute Gasteiger partial charge is 0.332 e. The third-order valence-corrected chi connectivity index (χ3v) is 6.94. The van der Waals surface area contributed by atoms with Crippen LogP contribution in [-0.2, 0) is 20.6 Å². The number of halogens is 1. The van der Waals surface area contributed by atoms with E-state index in [0.717, 1.165) is 15.7 Å². The van der Waals surface area contributed by atoms with E-state index in [4.69, 9.17) is 16.6 Å². The van der Waals surface area contributed by atoms with Crippen LogP contribution in [0.25, 0.3) is 11.2 Å². The second-order valence-corrected chi connectivity index (χ2v) is 9.59. The largest absolute Gasteiger partial charge is 0.339 e. The maximum Gasteiger partial charge on any atom is 0.332 e. The highest BCUT2D eigenvalue weighted by molar-refractivity contribution is 6.30. The van der Waals surface area contributed by atoms with Gasteiger partial charge in [-0.1, -0.05) is 41.4 Å². The van der Waals surface area contributed by atoms with Crippen LogP contribution in [0.15, 0.2) is 58.1 Å². The van der Waals surface area contributed by atoms with Crippen LogP contribution >= 0.6 is 11.6 Å². The third kappa shape index (κ3) is 4.19. The molecule has 0 aliphatic carbocycles. The molecule has 1 saturated heterocycles. The molecule has 1 fully saturated rings. The second-order valence-electron chi connectivity index (χ2n) is 9.15. The lowest BCUT2D eigenvalue weighted by molar-refractivity contribution is 0.0746. The van der Waals surface area contributed by atoms with Crippen LogP contribution < -0.4 is 16.1 Å². The number of anilines is 1. The Morgan fingerprint density at radius 3 is 2.33 bits per heavy atom. The van der Waals surface area contributed by atoms with Gasteiger partial charge in [0, 0.05) is 50.9 Å². The topological polar surface area (TPSA) is 85.4 Å². The summed E-state index contributed by atoms with van der Waals surface area (Å²) in [4.78, 5) is 47.4. The number of hydrogen-bond donors (Lipinski definition) is 0. The molecule has 10 heteroatoms. The van der Waals surface area contributed by atoms with Gasteiger partial charge in [-0.15, -0.1) is 0 Å². The van der Waals surface area contributed by atoms with E-state index in [-0.39, 0.29) is 11.5 Å². The molecule has 0 N–H and O–H groups in total. The number of benzene rings is 2. The SMILES string of the molecule is Cc1cccc(Cn2c(N3CCN(C(=O)c4ccc(Cl)cc4)CC3)nc3c2c(=O)n(C)c(=O)n3C)c1. The van der Waals surface area contributed by atoms with E-state index < -0.39 is 5.69 Å². The lowest BCUT2D eigenvalue weighted by Gasteiger charge is -2.35. The Morgan fingerprint density at radius 1 is 0.972 bits per heavy atom. The molecule has 0 atom stereocenters. The van der Waals surface area contributed by atoms with Crippen molar-refractivity contribution in [3.05, 3.63) is 91.1 Å². The predicted molar refractivity (Wildman–Crippen MR) is 140 cm³/mol. The molecule has 0 spiro atoms. The standard InChI is InChI=1S/C26H27ClN6O3/c1-17-5-4-6-18(15-17)16-33-21-22(29(2)26(36)30(3)24(21)35)28-25(33)32-13-11-31(12-14-32)23(34)19-7-9-20(27)10-8-19/h4-10,15H,11-14,16H2,1-3H3. The maximum atomic E-state index is 13.2. The van der Waals surface area contributed by atoms with Crippen molar-refractivity contribution in [1.82, 2.24) is 23.6 Å². The minimum absolute atomic E-state index is 0.0455. The van der Waals surface area contributed by atoms with Gasteiger partial charge in [0.1, 0.15) is 0 Å². The van der Waals surface area contributed by atoms with Gasteiger partial charge in [0.2, 0.25) is 5.95 Å². The van der Waals surface area contributed by atoms with Crippen molar-refractivity contribution in [2.24, 2.45) is 14.1 Å². The maximum absolute atomic E-state index is 13.2. The molecule has 2 aromatic carbocycles. The second kappa shape index (κ2) is 9.31. The predicted octanol–water partition coefficient (Wildman–Crippen LogP) is 2.41. The van der Waals surface area contributed by atoms with E-state index in [1.165, 1.54) is 11.6 Å². The van der Waals surface area contributed by atoms with Gasteiger partial charge in [-0.25, -0.2) is 4.79 Å².